The van der Waals surface area contributed by atoms with Crippen LogP contribution in [0.25, 0.3) is 11.0 Å². The molecule has 8 nitrogen and oxygen atoms in total. The minimum absolute atomic E-state index is 0. The van der Waals surface area contributed by atoms with Gasteiger partial charge in [-0.3, -0.25) is 9.69 Å². The fourth-order valence-corrected chi connectivity index (χ4v) is 4.33. The van der Waals surface area contributed by atoms with Gasteiger partial charge in [0, 0.05) is 44.9 Å². The van der Waals surface area contributed by atoms with Crippen molar-refractivity contribution in [2.75, 3.05) is 32.8 Å². The quantitative estimate of drug-likeness (QED) is 0.705. The molecule has 3 N–H and O–H groups in total. The fourth-order valence-electron chi connectivity index (χ4n) is 4.33. The van der Waals surface area contributed by atoms with Crippen LogP contribution in [-0.2, 0) is 16.1 Å². The molecule has 0 spiro atoms. The van der Waals surface area contributed by atoms with E-state index in [2.05, 4.69) is 20.5 Å². The van der Waals surface area contributed by atoms with Crippen LogP contribution in [0.1, 0.15) is 25.7 Å². The number of hydrogen-bond donors (Lipinski definition) is 2. The number of rotatable bonds is 5. The lowest BCUT2D eigenvalue weighted by Crippen LogP contribution is -2.47. The number of amides is 1. The number of halogens is 2. The molecule has 0 saturated carbocycles. The van der Waals surface area contributed by atoms with Crippen LogP contribution >= 0.6 is 24.8 Å². The molecule has 30 heavy (non-hydrogen) atoms. The SMILES string of the molecule is Cl.Cl.N[C@H]1CC[C@@H](C(=O)NCCn2nnc3ccccc32)CN(C2CCOCC2)C1. The molecular weight excluding hydrogens is 427 g/mol. The van der Waals surface area contributed by atoms with Crippen LogP contribution in [0.2, 0.25) is 0 Å². The van der Waals surface area contributed by atoms with Crippen molar-refractivity contribution < 1.29 is 9.53 Å². The predicted octanol–water partition coefficient (Wildman–Crippen LogP) is 1.61. The highest BCUT2D eigenvalue weighted by molar-refractivity contribution is 5.85. The molecule has 2 fully saturated rings. The summed E-state index contributed by atoms with van der Waals surface area (Å²) in [6.45, 7) is 4.43. The van der Waals surface area contributed by atoms with E-state index in [9.17, 15) is 4.79 Å². The summed E-state index contributed by atoms with van der Waals surface area (Å²) in [5.74, 6) is 0.111. The number of likely N-dealkylation sites (tertiary alicyclic amines) is 1. The summed E-state index contributed by atoms with van der Waals surface area (Å²) >= 11 is 0. The third kappa shape index (κ3) is 6.04. The molecule has 1 aromatic heterocycles. The van der Waals surface area contributed by atoms with Gasteiger partial charge in [-0.2, -0.15) is 0 Å². The van der Waals surface area contributed by atoms with Crippen molar-refractivity contribution in [2.45, 2.75) is 44.3 Å². The third-order valence-electron chi connectivity index (χ3n) is 5.93. The van der Waals surface area contributed by atoms with Crippen molar-refractivity contribution in [1.82, 2.24) is 25.2 Å². The summed E-state index contributed by atoms with van der Waals surface area (Å²) in [5.41, 5.74) is 8.15. The molecule has 2 aromatic rings. The van der Waals surface area contributed by atoms with Crippen LogP contribution in [0.4, 0.5) is 0 Å². The number of para-hydroxylation sites is 1. The Labute approximate surface area is 189 Å². The van der Waals surface area contributed by atoms with E-state index in [-0.39, 0.29) is 42.7 Å². The molecule has 0 bridgehead atoms. The van der Waals surface area contributed by atoms with Gasteiger partial charge in [0.05, 0.1) is 18.0 Å². The Bertz CT molecular complexity index is 798. The van der Waals surface area contributed by atoms with Crippen LogP contribution < -0.4 is 11.1 Å². The Balaban J connectivity index is 0.00000160. The van der Waals surface area contributed by atoms with E-state index in [1.54, 1.807) is 0 Å². The molecule has 168 valence electrons. The Morgan fingerprint density at radius 2 is 1.90 bits per heavy atom. The number of aromatic nitrogens is 3. The number of carbonyl (C=O) groups excluding carboxylic acids is 1. The molecule has 4 rings (SSSR count). The lowest BCUT2D eigenvalue weighted by atomic mass is 10.0. The van der Waals surface area contributed by atoms with Gasteiger partial charge in [0.15, 0.2) is 0 Å². The summed E-state index contributed by atoms with van der Waals surface area (Å²) in [4.78, 5) is 15.3. The zero-order valence-corrected chi connectivity index (χ0v) is 18.7. The first kappa shape index (κ1) is 24.8. The molecule has 1 aromatic carbocycles. The molecule has 0 unspecified atom stereocenters. The normalized spacial score (nSPS) is 23.2. The van der Waals surface area contributed by atoms with Gasteiger partial charge in [-0.1, -0.05) is 17.3 Å². The van der Waals surface area contributed by atoms with E-state index in [4.69, 9.17) is 10.5 Å². The number of nitrogens with one attached hydrogen (secondary N) is 1. The number of benzene rings is 1. The molecule has 1 amide bonds. The first-order valence-corrected chi connectivity index (χ1v) is 10.3. The third-order valence-corrected chi connectivity index (χ3v) is 5.93. The monoisotopic (exact) mass is 458 g/mol. The Morgan fingerprint density at radius 3 is 2.70 bits per heavy atom. The predicted molar refractivity (Wildman–Crippen MR) is 121 cm³/mol. The van der Waals surface area contributed by atoms with E-state index >= 15 is 0 Å². The van der Waals surface area contributed by atoms with Crippen LogP contribution in [0.15, 0.2) is 24.3 Å². The van der Waals surface area contributed by atoms with Crippen molar-refractivity contribution >= 4 is 41.8 Å². The van der Waals surface area contributed by atoms with Crippen molar-refractivity contribution in [3.63, 3.8) is 0 Å². The average molecular weight is 459 g/mol. The van der Waals surface area contributed by atoms with Crippen LogP contribution in [0.3, 0.4) is 0 Å². The molecule has 2 aliphatic rings. The Hall–Kier alpha value is -1.45. The largest absolute Gasteiger partial charge is 0.381 e. The minimum atomic E-state index is -0.0103. The van der Waals surface area contributed by atoms with Crippen molar-refractivity contribution in [3.05, 3.63) is 24.3 Å². The van der Waals surface area contributed by atoms with E-state index < -0.39 is 0 Å². The molecule has 0 aliphatic carbocycles. The van der Waals surface area contributed by atoms with Gasteiger partial charge in [-0.25, -0.2) is 4.68 Å². The summed E-state index contributed by atoms with van der Waals surface area (Å²) in [6.07, 6.45) is 3.80. The minimum Gasteiger partial charge on any atom is -0.381 e. The summed E-state index contributed by atoms with van der Waals surface area (Å²) in [7, 11) is 0. The summed E-state index contributed by atoms with van der Waals surface area (Å²) in [6, 6.07) is 8.48. The summed E-state index contributed by atoms with van der Waals surface area (Å²) in [5, 5.41) is 11.4. The topological polar surface area (TPSA) is 98.3 Å². The second-order valence-electron chi connectivity index (χ2n) is 7.92. The maximum atomic E-state index is 12.8. The van der Waals surface area contributed by atoms with Crippen molar-refractivity contribution in [1.29, 1.82) is 0 Å². The summed E-state index contributed by atoms with van der Waals surface area (Å²) < 4.78 is 7.33. The molecule has 2 atom stereocenters. The molecule has 3 heterocycles. The van der Waals surface area contributed by atoms with Gasteiger partial charge in [0.25, 0.3) is 0 Å². The van der Waals surface area contributed by atoms with Gasteiger partial charge in [0.2, 0.25) is 5.91 Å². The fraction of sp³-hybridized carbons (Fsp3) is 0.650. The highest BCUT2D eigenvalue weighted by Crippen LogP contribution is 2.22. The van der Waals surface area contributed by atoms with Crippen LogP contribution in [0, 0.1) is 5.92 Å². The Morgan fingerprint density at radius 1 is 1.13 bits per heavy atom. The average Bonchev–Trinajstić information content (AvgIpc) is 3.03. The second-order valence-corrected chi connectivity index (χ2v) is 7.92. The molecule has 10 heteroatoms. The molecule has 2 aliphatic heterocycles. The van der Waals surface area contributed by atoms with Gasteiger partial charge in [-0.05, 0) is 37.8 Å². The van der Waals surface area contributed by atoms with Gasteiger partial charge in [0.1, 0.15) is 5.52 Å². The van der Waals surface area contributed by atoms with Crippen molar-refractivity contribution in [3.8, 4) is 0 Å². The van der Waals surface area contributed by atoms with E-state index in [1.165, 1.54) is 0 Å². The number of ether oxygens (including phenoxy) is 1. The van der Waals surface area contributed by atoms with Gasteiger partial charge < -0.3 is 15.8 Å². The highest BCUT2D eigenvalue weighted by atomic mass is 35.5. The molecule has 2 saturated heterocycles. The van der Waals surface area contributed by atoms with E-state index in [0.717, 1.165) is 63.0 Å². The first-order valence-electron chi connectivity index (χ1n) is 10.3. The maximum absolute atomic E-state index is 12.8. The van der Waals surface area contributed by atoms with Crippen LogP contribution in [0.5, 0.6) is 0 Å². The first-order chi connectivity index (χ1) is 13.7. The number of carbonyl (C=O) groups is 1. The highest BCUT2D eigenvalue weighted by Gasteiger charge is 2.31. The second kappa shape index (κ2) is 11.8. The van der Waals surface area contributed by atoms with Gasteiger partial charge in [-0.15, -0.1) is 29.9 Å². The number of nitrogens with zero attached hydrogens (tertiary/aromatic N) is 4. The standard InChI is InChI=1S/C20H30N6O2.2ClH/c21-16-6-5-15(13-25(14-16)17-7-11-28-12-8-17)20(27)22-9-10-26-19-4-2-1-3-18(19)23-24-26;;/h1-4,15-17H,5-14,21H2,(H,22,27);2*1H/t15-,16+;;/m1../s1. The Kier molecular flexibility index (Phi) is 9.77. The number of nitrogens with two attached hydrogens (primary N) is 1. The number of fused-ring (bicyclic) bond motifs is 1. The smallest absolute Gasteiger partial charge is 0.224 e. The van der Waals surface area contributed by atoms with E-state index in [0.29, 0.717) is 19.1 Å². The lowest BCUT2D eigenvalue weighted by Gasteiger charge is -2.35. The lowest BCUT2D eigenvalue weighted by molar-refractivity contribution is -0.126. The van der Waals surface area contributed by atoms with E-state index in [1.807, 2.05) is 28.9 Å². The number of hydrogen-bond acceptors (Lipinski definition) is 6. The molecule has 0 radical (unpaired) electrons. The van der Waals surface area contributed by atoms with Crippen LogP contribution in [-0.4, -0.2) is 70.7 Å². The maximum Gasteiger partial charge on any atom is 0.224 e. The zero-order chi connectivity index (χ0) is 19.3. The molecular formula is C20H32Cl2N6O2. The zero-order valence-electron chi connectivity index (χ0n) is 17.1. The van der Waals surface area contributed by atoms with Gasteiger partial charge >= 0.3 is 0 Å². The van der Waals surface area contributed by atoms with Crippen molar-refractivity contribution in [2.24, 2.45) is 11.7 Å².